The first-order valence-electron chi connectivity index (χ1n) is 5.86. The molecule has 10 heteroatoms. The molecule has 0 atom stereocenters. The number of carbonyl (C=O) groups excluding carboxylic acids is 2. The fourth-order valence-electron chi connectivity index (χ4n) is 1.73. The number of nitrogens with zero attached hydrogens (tertiary/aromatic N) is 2. The fourth-order valence-corrected chi connectivity index (χ4v) is 1.94. The van der Waals surface area contributed by atoms with Crippen molar-refractivity contribution in [3.63, 3.8) is 0 Å². The highest BCUT2D eigenvalue weighted by atomic mass is 35.5. The van der Waals surface area contributed by atoms with E-state index in [1.807, 2.05) is 0 Å². The molecule has 0 bridgehead atoms. The second kappa shape index (κ2) is 6.30. The maximum Gasteiger partial charge on any atom is 0.418 e. The van der Waals surface area contributed by atoms with E-state index in [0.29, 0.717) is 17.0 Å². The largest absolute Gasteiger partial charge is 0.418 e. The molecule has 0 unspecified atom stereocenters. The average molecular weight is 339 g/mol. The summed E-state index contributed by atoms with van der Waals surface area (Å²) in [6, 6.07) is 1.15. The lowest BCUT2D eigenvalue weighted by Crippen LogP contribution is -2.34. The quantitative estimate of drug-likeness (QED) is 0.479. The van der Waals surface area contributed by atoms with Gasteiger partial charge in [-0.05, 0) is 6.07 Å². The van der Waals surface area contributed by atoms with Gasteiger partial charge in [0.05, 0.1) is 10.5 Å². The van der Waals surface area contributed by atoms with E-state index in [0.717, 1.165) is 7.05 Å². The van der Waals surface area contributed by atoms with Crippen LogP contribution in [-0.4, -0.2) is 23.7 Å². The van der Waals surface area contributed by atoms with Crippen molar-refractivity contribution >= 4 is 34.7 Å². The number of halogens is 4. The second-order valence-electron chi connectivity index (χ2n) is 4.22. The lowest BCUT2D eigenvalue weighted by molar-refractivity contribution is -0.384. The van der Waals surface area contributed by atoms with Gasteiger partial charge in [0, 0.05) is 24.6 Å². The van der Waals surface area contributed by atoms with E-state index in [4.69, 9.17) is 11.6 Å². The van der Waals surface area contributed by atoms with Crippen molar-refractivity contribution in [2.45, 2.75) is 19.5 Å². The lowest BCUT2D eigenvalue weighted by Gasteiger charge is -2.21. The highest BCUT2D eigenvalue weighted by molar-refractivity contribution is 6.41. The molecule has 0 aromatic heterocycles. The summed E-state index contributed by atoms with van der Waals surface area (Å²) in [6.07, 6.45) is -5.24. The third-order valence-electron chi connectivity index (χ3n) is 2.76. The van der Waals surface area contributed by atoms with Crippen LogP contribution in [0.15, 0.2) is 12.1 Å². The van der Waals surface area contributed by atoms with Gasteiger partial charge in [0.15, 0.2) is 0 Å². The Labute approximate surface area is 127 Å². The van der Waals surface area contributed by atoms with Crippen LogP contribution in [0.1, 0.15) is 18.9 Å². The highest BCUT2D eigenvalue weighted by Crippen LogP contribution is 2.43. The molecule has 0 saturated heterocycles. The van der Waals surface area contributed by atoms with Crippen molar-refractivity contribution in [1.29, 1.82) is 0 Å². The first kappa shape index (κ1) is 17.9. The van der Waals surface area contributed by atoms with Crippen molar-refractivity contribution in [3.05, 3.63) is 32.8 Å². The Morgan fingerprint density at radius 2 is 1.91 bits per heavy atom. The van der Waals surface area contributed by atoms with Crippen LogP contribution in [0.4, 0.5) is 24.5 Å². The van der Waals surface area contributed by atoms with E-state index in [-0.39, 0.29) is 6.42 Å². The molecule has 0 aliphatic carbocycles. The molecule has 6 nitrogen and oxygen atoms in total. The Kier molecular flexibility index (Phi) is 5.13. The Balaban J connectivity index is 3.65. The SMILES string of the molecule is CCC(=O)C(=O)N(C)c1c([N+](=O)[O-])cc(Cl)cc1C(F)(F)F. The molecule has 1 aromatic rings. The summed E-state index contributed by atoms with van der Waals surface area (Å²) >= 11 is 5.47. The summed E-state index contributed by atoms with van der Waals surface area (Å²) in [5, 5.41) is 10.5. The minimum absolute atomic E-state index is 0.244. The number of likely N-dealkylation sites (N-methyl/N-ethyl adjacent to an activating group) is 1. The van der Waals surface area contributed by atoms with Gasteiger partial charge >= 0.3 is 6.18 Å². The van der Waals surface area contributed by atoms with Gasteiger partial charge < -0.3 is 4.90 Å². The predicted octanol–water partition coefficient (Wildman–Crippen LogP) is 3.21. The van der Waals surface area contributed by atoms with E-state index < -0.39 is 44.8 Å². The Morgan fingerprint density at radius 1 is 1.36 bits per heavy atom. The number of carbonyl (C=O) groups is 2. The number of alkyl halides is 3. The van der Waals surface area contributed by atoms with Crippen LogP contribution in [0.25, 0.3) is 0 Å². The molecular formula is C12H10ClF3N2O4. The summed E-state index contributed by atoms with van der Waals surface area (Å²) in [4.78, 5) is 33.3. The zero-order valence-corrected chi connectivity index (χ0v) is 12.2. The molecule has 0 radical (unpaired) electrons. The second-order valence-corrected chi connectivity index (χ2v) is 4.65. The molecule has 22 heavy (non-hydrogen) atoms. The Morgan fingerprint density at radius 3 is 2.32 bits per heavy atom. The van der Waals surface area contributed by atoms with Crippen molar-refractivity contribution in [2.75, 3.05) is 11.9 Å². The van der Waals surface area contributed by atoms with E-state index in [1.165, 1.54) is 6.92 Å². The molecule has 1 amide bonds. The third-order valence-corrected chi connectivity index (χ3v) is 2.97. The first-order valence-corrected chi connectivity index (χ1v) is 6.24. The van der Waals surface area contributed by atoms with E-state index in [9.17, 15) is 32.9 Å². The van der Waals surface area contributed by atoms with Gasteiger partial charge in [0.25, 0.3) is 11.6 Å². The van der Waals surface area contributed by atoms with E-state index in [1.54, 1.807) is 0 Å². The number of amides is 1. The van der Waals surface area contributed by atoms with Crippen molar-refractivity contribution < 1.29 is 27.7 Å². The number of nitro groups is 1. The number of nitro benzene ring substituents is 1. The molecule has 1 rings (SSSR count). The Hall–Kier alpha value is -2.16. The first-order chi connectivity index (χ1) is 10.0. The molecule has 0 saturated carbocycles. The smallest absolute Gasteiger partial charge is 0.302 e. The van der Waals surface area contributed by atoms with Crippen LogP contribution in [0.5, 0.6) is 0 Å². The Bertz CT molecular complexity index is 646. The van der Waals surface area contributed by atoms with Crippen LogP contribution < -0.4 is 4.90 Å². The highest BCUT2D eigenvalue weighted by Gasteiger charge is 2.40. The number of rotatable bonds is 4. The average Bonchev–Trinajstić information content (AvgIpc) is 2.42. The summed E-state index contributed by atoms with van der Waals surface area (Å²) in [7, 11) is 0.862. The summed E-state index contributed by atoms with van der Waals surface area (Å²) in [5.74, 6) is -2.25. The number of hydrogen-bond donors (Lipinski definition) is 0. The molecule has 0 aliphatic heterocycles. The molecule has 0 N–H and O–H groups in total. The maximum absolute atomic E-state index is 13.1. The van der Waals surface area contributed by atoms with Crippen molar-refractivity contribution in [2.24, 2.45) is 0 Å². The van der Waals surface area contributed by atoms with Crippen LogP contribution in [0.2, 0.25) is 5.02 Å². The third kappa shape index (κ3) is 3.53. The zero-order valence-electron chi connectivity index (χ0n) is 11.4. The van der Waals surface area contributed by atoms with Gasteiger partial charge in [-0.2, -0.15) is 13.2 Å². The molecule has 0 fully saturated rings. The monoisotopic (exact) mass is 338 g/mol. The molecule has 0 heterocycles. The van der Waals surface area contributed by atoms with Crippen LogP contribution in [0, 0.1) is 10.1 Å². The fraction of sp³-hybridized carbons (Fsp3) is 0.333. The van der Waals surface area contributed by atoms with Crippen molar-refractivity contribution in [3.8, 4) is 0 Å². The number of ketones is 1. The number of benzene rings is 1. The zero-order chi connectivity index (χ0) is 17.2. The summed E-state index contributed by atoms with van der Waals surface area (Å²) in [5.41, 5.74) is -3.50. The van der Waals surface area contributed by atoms with Gasteiger partial charge in [0.2, 0.25) is 5.78 Å². The molecule has 120 valence electrons. The predicted molar refractivity (Wildman–Crippen MR) is 71.8 cm³/mol. The van der Waals surface area contributed by atoms with Gasteiger partial charge in [-0.15, -0.1) is 0 Å². The molecular weight excluding hydrogens is 329 g/mol. The van der Waals surface area contributed by atoms with Crippen LogP contribution in [0.3, 0.4) is 0 Å². The van der Waals surface area contributed by atoms with Crippen LogP contribution in [-0.2, 0) is 15.8 Å². The molecule has 1 aromatic carbocycles. The van der Waals surface area contributed by atoms with Crippen LogP contribution >= 0.6 is 11.6 Å². The number of Topliss-reactive ketones (excluding diaryl/α,β-unsaturated/α-hetero) is 1. The standard InChI is InChI=1S/C12H10ClF3N2O4/c1-3-9(19)11(20)17(2)10-7(12(14,15)16)4-6(13)5-8(10)18(21)22/h4-5H,3H2,1-2H3. The topological polar surface area (TPSA) is 80.5 Å². The summed E-state index contributed by atoms with van der Waals surface area (Å²) in [6.45, 7) is 1.34. The van der Waals surface area contributed by atoms with Gasteiger partial charge in [-0.1, -0.05) is 18.5 Å². The van der Waals surface area contributed by atoms with Crippen molar-refractivity contribution in [1.82, 2.24) is 0 Å². The molecule has 0 spiro atoms. The summed E-state index contributed by atoms with van der Waals surface area (Å²) < 4.78 is 39.2. The maximum atomic E-state index is 13.1. The van der Waals surface area contributed by atoms with E-state index >= 15 is 0 Å². The van der Waals surface area contributed by atoms with Gasteiger partial charge in [-0.3, -0.25) is 19.7 Å². The van der Waals surface area contributed by atoms with E-state index in [2.05, 4.69) is 0 Å². The van der Waals surface area contributed by atoms with Gasteiger partial charge in [0.1, 0.15) is 5.69 Å². The normalized spacial score (nSPS) is 11.2. The van der Waals surface area contributed by atoms with Gasteiger partial charge in [-0.25, -0.2) is 0 Å². The molecule has 0 aliphatic rings. The minimum atomic E-state index is -4.99. The number of hydrogen-bond acceptors (Lipinski definition) is 4. The minimum Gasteiger partial charge on any atom is -0.302 e. The number of anilines is 1. The lowest BCUT2D eigenvalue weighted by atomic mass is 10.1.